The lowest BCUT2D eigenvalue weighted by Crippen LogP contribution is -2.49. The van der Waals surface area contributed by atoms with E-state index in [1.807, 2.05) is 0 Å². The molecule has 0 aliphatic heterocycles. The Morgan fingerprint density at radius 2 is 1.00 bits per heavy atom. The van der Waals surface area contributed by atoms with E-state index in [0.717, 1.165) is 0 Å². The normalized spacial score (nSPS) is 24.0. The van der Waals surface area contributed by atoms with Crippen molar-refractivity contribution >= 4 is 31.9 Å². The zero-order chi connectivity index (χ0) is 9.50. The van der Waals surface area contributed by atoms with E-state index in [0.29, 0.717) is 0 Å². The van der Waals surface area contributed by atoms with Gasteiger partial charge < -0.3 is 10.2 Å². The summed E-state index contributed by atoms with van der Waals surface area (Å²) >= 11 is 6.20. The van der Waals surface area contributed by atoms with Crippen molar-refractivity contribution in [3.63, 3.8) is 0 Å². The lowest BCUT2D eigenvalue weighted by molar-refractivity contribution is -0.0616. The van der Waals surface area contributed by atoms with Crippen LogP contribution in [0, 0.1) is 5.41 Å². The molecule has 2 N–H and O–H groups in total. The molecule has 0 bridgehead atoms. The Labute approximate surface area is 84.3 Å². The average molecular weight is 290 g/mol. The molecule has 0 aliphatic carbocycles. The molecule has 2 nitrogen and oxygen atoms in total. The Balaban J connectivity index is 4.75. The molecule has 0 aromatic rings. The van der Waals surface area contributed by atoms with Crippen LogP contribution in [0.3, 0.4) is 0 Å². The highest BCUT2D eigenvalue weighted by atomic mass is 79.9. The largest absolute Gasteiger partial charge is 0.378 e. The highest BCUT2D eigenvalue weighted by molar-refractivity contribution is 9.10. The zero-order valence-electron chi connectivity index (χ0n) is 7.15. The van der Waals surface area contributed by atoms with E-state index in [-0.39, 0.29) is 0 Å². The molecule has 0 amide bonds. The fraction of sp³-hybridized carbons (Fsp3) is 1.00. The molecule has 0 radical (unpaired) electrons. The Bertz CT molecular complexity index is 126. The molecule has 0 fully saturated rings. The third-order valence-corrected chi connectivity index (χ3v) is 4.26. The van der Waals surface area contributed by atoms with E-state index in [2.05, 4.69) is 31.9 Å². The molecule has 11 heavy (non-hydrogen) atoms. The van der Waals surface area contributed by atoms with Crippen LogP contribution in [0.4, 0.5) is 0 Å². The zero-order valence-corrected chi connectivity index (χ0v) is 10.3. The molecule has 4 heteroatoms. The first-order valence-electron chi connectivity index (χ1n) is 3.33. The van der Waals surface area contributed by atoms with Crippen molar-refractivity contribution in [2.75, 3.05) is 0 Å². The first-order valence-corrected chi connectivity index (χ1v) is 4.91. The summed E-state index contributed by atoms with van der Waals surface area (Å²) in [6.45, 7) is 6.72. The summed E-state index contributed by atoms with van der Waals surface area (Å²) in [5.74, 6) is 0. The van der Waals surface area contributed by atoms with Crippen molar-refractivity contribution < 1.29 is 10.2 Å². The van der Waals surface area contributed by atoms with E-state index in [1.54, 1.807) is 27.7 Å². The van der Waals surface area contributed by atoms with Crippen molar-refractivity contribution in [2.45, 2.75) is 36.7 Å². The Hall–Kier alpha value is 0.880. The average Bonchev–Trinajstić information content (AvgIpc) is 1.58. The Morgan fingerprint density at radius 1 is 0.818 bits per heavy atom. The van der Waals surface area contributed by atoms with Gasteiger partial charge in [0.2, 0.25) is 0 Å². The van der Waals surface area contributed by atoms with Crippen LogP contribution in [0.1, 0.15) is 27.7 Å². The first-order chi connectivity index (χ1) is 4.50. The molecule has 0 saturated heterocycles. The number of rotatable bonds is 2. The van der Waals surface area contributed by atoms with Gasteiger partial charge >= 0.3 is 0 Å². The fourth-order valence-electron chi connectivity index (χ4n) is 0.416. The highest BCUT2D eigenvalue weighted by Crippen LogP contribution is 2.47. The Kier molecular flexibility index (Phi) is 3.22. The van der Waals surface area contributed by atoms with Gasteiger partial charge in [0.25, 0.3) is 0 Å². The van der Waals surface area contributed by atoms with E-state index in [1.165, 1.54) is 0 Å². The Morgan fingerprint density at radius 3 is 1.00 bits per heavy atom. The van der Waals surface area contributed by atoms with Crippen LogP contribution < -0.4 is 0 Å². The predicted octanol–water partition coefficient (Wildman–Crippen LogP) is 2.22. The van der Waals surface area contributed by atoms with Crippen LogP contribution in [-0.2, 0) is 0 Å². The smallest absolute Gasteiger partial charge is 0.125 e. The van der Waals surface area contributed by atoms with Crippen LogP contribution in [0.5, 0.6) is 0 Å². The second kappa shape index (κ2) is 2.98. The number of aliphatic hydroxyl groups is 2. The fourth-order valence-corrected chi connectivity index (χ4v) is 1.45. The van der Waals surface area contributed by atoms with Gasteiger partial charge in [0.05, 0.1) is 0 Å². The quantitative estimate of drug-likeness (QED) is 0.766. The summed E-state index contributed by atoms with van der Waals surface area (Å²) in [6, 6.07) is 0. The summed E-state index contributed by atoms with van der Waals surface area (Å²) < 4.78 is -2.21. The molecule has 68 valence electrons. The highest BCUT2D eigenvalue weighted by Gasteiger charge is 2.49. The van der Waals surface area contributed by atoms with Crippen molar-refractivity contribution in [3.05, 3.63) is 0 Å². The third-order valence-electron chi connectivity index (χ3n) is 2.28. The number of halogens is 2. The second-order valence-electron chi connectivity index (χ2n) is 3.53. The molecule has 0 aliphatic rings. The standard InChI is InChI=1S/C7H14Br2O2/c1-5(2,6(3,8)10)7(4,9)11/h10-11H,1-4H3. The van der Waals surface area contributed by atoms with E-state index in [4.69, 9.17) is 0 Å². The van der Waals surface area contributed by atoms with Crippen LogP contribution >= 0.6 is 31.9 Å². The molecule has 0 spiro atoms. The van der Waals surface area contributed by atoms with Crippen LogP contribution in [0.25, 0.3) is 0 Å². The lowest BCUT2D eigenvalue weighted by atomic mass is 9.82. The molecule has 0 aromatic carbocycles. The minimum atomic E-state index is -1.10. The SMILES string of the molecule is CC(O)(Br)C(C)(C)C(C)(O)Br. The molecule has 0 rings (SSSR count). The molecule has 0 aromatic heterocycles. The molecule has 0 saturated carbocycles. The van der Waals surface area contributed by atoms with Gasteiger partial charge in [0, 0.05) is 5.41 Å². The van der Waals surface area contributed by atoms with Crippen molar-refractivity contribution in [2.24, 2.45) is 5.41 Å². The molecule has 2 atom stereocenters. The van der Waals surface area contributed by atoms with Crippen LogP contribution in [0.2, 0.25) is 0 Å². The molecular weight excluding hydrogens is 276 g/mol. The first kappa shape index (κ1) is 11.9. The monoisotopic (exact) mass is 288 g/mol. The van der Waals surface area contributed by atoms with Gasteiger partial charge in [-0.3, -0.25) is 0 Å². The predicted molar refractivity (Wildman–Crippen MR) is 52.9 cm³/mol. The van der Waals surface area contributed by atoms with Gasteiger partial charge in [0.15, 0.2) is 0 Å². The van der Waals surface area contributed by atoms with Crippen molar-refractivity contribution in [1.82, 2.24) is 0 Å². The summed E-state index contributed by atoms with van der Waals surface area (Å²) in [6.07, 6.45) is 0. The van der Waals surface area contributed by atoms with Gasteiger partial charge in [0.1, 0.15) is 9.02 Å². The summed E-state index contributed by atoms with van der Waals surface area (Å²) in [7, 11) is 0. The minimum absolute atomic E-state index is 0.681. The number of hydrogen-bond acceptors (Lipinski definition) is 2. The van der Waals surface area contributed by atoms with Crippen LogP contribution in [0.15, 0.2) is 0 Å². The third kappa shape index (κ3) is 2.41. The topological polar surface area (TPSA) is 40.5 Å². The maximum atomic E-state index is 9.61. The molecule has 0 heterocycles. The summed E-state index contributed by atoms with van der Waals surface area (Å²) in [5, 5.41) is 19.2. The van der Waals surface area contributed by atoms with Gasteiger partial charge in [-0.1, -0.05) is 45.7 Å². The van der Waals surface area contributed by atoms with Gasteiger partial charge in [-0.05, 0) is 13.8 Å². The lowest BCUT2D eigenvalue weighted by Gasteiger charge is -2.43. The number of alkyl halides is 2. The second-order valence-corrected chi connectivity index (χ2v) is 6.62. The number of hydrogen-bond donors (Lipinski definition) is 2. The molecule has 2 unspecified atom stereocenters. The maximum absolute atomic E-state index is 9.61. The van der Waals surface area contributed by atoms with Crippen molar-refractivity contribution in [1.29, 1.82) is 0 Å². The molecular formula is C7H14Br2O2. The summed E-state index contributed by atoms with van der Waals surface area (Å²) in [5.41, 5.74) is -0.681. The van der Waals surface area contributed by atoms with Crippen LogP contribution in [-0.4, -0.2) is 19.2 Å². The van der Waals surface area contributed by atoms with Gasteiger partial charge in [-0.2, -0.15) is 0 Å². The summed E-state index contributed by atoms with van der Waals surface area (Å²) in [4.78, 5) is 0. The minimum Gasteiger partial charge on any atom is -0.378 e. The van der Waals surface area contributed by atoms with E-state index < -0.39 is 14.4 Å². The van der Waals surface area contributed by atoms with Crippen molar-refractivity contribution in [3.8, 4) is 0 Å². The van der Waals surface area contributed by atoms with E-state index >= 15 is 0 Å². The maximum Gasteiger partial charge on any atom is 0.125 e. The van der Waals surface area contributed by atoms with E-state index in [9.17, 15) is 10.2 Å². The van der Waals surface area contributed by atoms with Gasteiger partial charge in [-0.15, -0.1) is 0 Å². The van der Waals surface area contributed by atoms with Gasteiger partial charge in [-0.25, -0.2) is 0 Å².